The molecule has 3 aromatic carbocycles. The van der Waals surface area contributed by atoms with E-state index in [9.17, 15) is 9.18 Å². The number of aromatic nitrogens is 3. The molecule has 0 radical (unpaired) electrons. The van der Waals surface area contributed by atoms with Gasteiger partial charge in [-0.2, -0.15) is 0 Å². The first kappa shape index (κ1) is 24.3. The van der Waals surface area contributed by atoms with Crippen LogP contribution in [0.3, 0.4) is 0 Å². The smallest absolute Gasteiger partial charge is 0.230 e. The molecule has 1 aromatic heterocycles. The largest absolute Gasteiger partial charge is 0.497 e. The van der Waals surface area contributed by atoms with Crippen LogP contribution in [0.2, 0.25) is 0 Å². The zero-order chi connectivity index (χ0) is 24.5. The van der Waals surface area contributed by atoms with Gasteiger partial charge in [-0.3, -0.25) is 9.36 Å². The van der Waals surface area contributed by atoms with Gasteiger partial charge in [0.05, 0.1) is 12.9 Å². The predicted molar refractivity (Wildman–Crippen MR) is 133 cm³/mol. The molecule has 0 unspecified atom stereocenters. The average molecular weight is 493 g/mol. The molecule has 1 heterocycles. The van der Waals surface area contributed by atoms with Gasteiger partial charge in [0.2, 0.25) is 5.91 Å². The molecule has 0 saturated carbocycles. The summed E-state index contributed by atoms with van der Waals surface area (Å²) >= 11 is 1.30. The van der Waals surface area contributed by atoms with Crippen LogP contribution in [-0.4, -0.2) is 40.1 Å². The van der Waals surface area contributed by atoms with Crippen molar-refractivity contribution in [2.45, 2.75) is 18.2 Å². The van der Waals surface area contributed by atoms with Gasteiger partial charge in [-0.05, 0) is 60.5 Å². The summed E-state index contributed by atoms with van der Waals surface area (Å²) in [5.41, 5.74) is 1.84. The number of benzene rings is 3. The summed E-state index contributed by atoms with van der Waals surface area (Å²) in [6.07, 6.45) is 0.629. The Morgan fingerprint density at radius 3 is 2.40 bits per heavy atom. The van der Waals surface area contributed by atoms with Gasteiger partial charge in [0.25, 0.3) is 0 Å². The standard InChI is InChI=1S/C26H25FN4O3S/c1-33-22-11-13-23(14-12-22)34-17-24-29-30-26(31(24)21-5-3-2-4-6-21)35-18-25(32)28-16-15-19-7-9-20(27)10-8-19/h2-14H,15-18H2,1H3,(H,28,32). The van der Waals surface area contributed by atoms with E-state index in [0.29, 0.717) is 29.7 Å². The molecule has 0 aliphatic rings. The highest BCUT2D eigenvalue weighted by Gasteiger charge is 2.16. The number of carbonyl (C=O) groups excluding carboxylic acids is 1. The van der Waals surface area contributed by atoms with Gasteiger partial charge < -0.3 is 14.8 Å². The molecule has 7 nitrogen and oxygen atoms in total. The minimum Gasteiger partial charge on any atom is -0.497 e. The summed E-state index contributed by atoms with van der Waals surface area (Å²) in [7, 11) is 1.61. The number of thioether (sulfide) groups is 1. The van der Waals surface area contributed by atoms with Gasteiger partial charge >= 0.3 is 0 Å². The van der Waals surface area contributed by atoms with E-state index in [4.69, 9.17) is 9.47 Å². The van der Waals surface area contributed by atoms with Crippen molar-refractivity contribution in [2.24, 2.45) is 0 Å². The quantitative estimate of drug-likeness (QED) is 0.312. The number of hydrogen-bond donors (Lipinski definition) is 1. The lowest BCUT2D eigenvalue weighted by Crippen LogP contribution is -2.27. The van der Waals surface area contributed by atoms with Crippen molar-refractivity contribution in [1.29, 1.82) is 0 Å². The average Bonchev–Trinajstić information content (AvgIpc) is 3.31. The topological polar surface area (TPSA) is 78.3 Å². The van der Waals surface area contributed by atoms with Crippen molar-refractivity contribution < 1.29 is 18.7 Å². The van der Waals surface area contributed by atoms with Gasteiger partial charge in [-0.15, -0.1) is 10.2 Å². The van der Waals surface area contributed by atoms with Crippen LogP contribution in [0.5, 0.6) is 11.5 Å². The lowest BCUT2D eigenvalue weighted by atomic mass is 10.1. The number of hydrogen-bond acceptors (Lipinski definition) is 6. The molecule has 0 aliphatic heterocycles. The normalized spacial score (nSPS) is 10.7. The molecule has 0 atom stereocenters. The van der Waals surface area contributed by atoms with Gasteiger partial charge in [-0.1, -0.05) is 42.1 Å². The summed E-state index contributed by atoms with van der Waals surface area (Å²) < 4.78 is 26.0. The van der Waals surface area contributed by atoms with Gasteiger partial charge in [0.15, 0.2) is 11.0 Å². The van der Waals surface area contributed by atoms with E-state index in [2.05, 4.69) is 15.5 Å². The Bertz CT molecular complexity index is 1230. The maximum Gasteiger partial charge on any atom is 0.230 e. The number of nitrogens with one attached hydrogen (secondary N) is 1. The summed E-state index contributed by atoms with van der Waals surface area (Å²) in [5, 5.41) is 12.1. The molecule has 1 amide bonds. The van der Waals surface area contributed by atoms with Crippen molar-refractivity contribution in [3.63, 3.8) is 0 Å². The molecule has 0 bridgehead atoms. The third-order valence-electron chi connectivity index (χ3n) is 5.12. The minimum absolute atomic E-state index is 0.115. The third kappa shape index (κ3) is 6.83. The van der Waals surface area contributed by atoms with Crippen LogP contribution in [0.1, 0.15) is 11.4 Å². The fraction of sp³-hybridized carbons (Fsp3) is 0.192. The monoisotopic (exact) mass is 492 g/mol. The number of halogens is 1. The molecule has 35 heavy (non-hydrogen) atoms. The Hall–Kier alpha value is -3.85. The number of ether oxygens (including phenoxy) is 2. The van der Waals surface area contributed by atoms with Crippen LogP contribution in [0.4, 0.5) is 4.39 Å². The molecule has 0 spiro atoms. The Kier molecular flexibility index (Phi) is 8.34. The van der Waals surface area contributed by atoms with Crippen LogP contribution in [-0.2, 0) is 17.8 Å². The Morgan fingerprint density at radius 2 is 1.69 bits per heavy atom. The molecule has 4 rings (SSSR count). The van der Waals surface area contributed by atoms with Gasteiger partial charge in [0, 0.05) is 12.2 Å². The molecule has 0 saturated heterocycles. The molecule has 1 N–H and O–H groups in total. The summed E-state index contributed by atoms with van der Waals surface area (Å²) in [6.45, 7) is 0.677. The maximum atomic E-state index is 13.0. The van der Waals surface area contributed by atoms with Crippen molar-refractivity contribution in [2.75, 3.05) is 19.4 Å². The Morgan fingerprint density at radius 1 is 0.971 bits per heavy atom. The molecule has 4 aromatic rings. The number of carbonyl (C=O) groups is 1. The van der Waals surface area contributed by atoms with Crippen molar-refractivity contribution in [3.05, 3.63) is 96.1 Å². The summed E-state index contributed by atoms with van der Waals surface area (Å²) in [6, 6.07) is 23.3. The molecule has 9 heteroatoms. The zero-order valence-electron chi connectivity index (χ0n) is 19.2. The first-order valence-electron chi connectivity index (χ1n) is 11.0. The highest BCUT2D eigenvalue weighted by Crippen LogP contribution is 2.24. The zero-order valence-corrected chi connectivity index (χ0v) is 20.0. The highest BCUT2D eigenvalue weighted by atomic mass is 32.2. The van der Waals surface area contributed by atoms with E-state index in [0.717, 1.165) is 17.0 Å². The highest BCUT2D eigenvalue weighted by molar-refractivity contribution is 7.99. The fourth-order valence-electron chi connectivity index (χ4n) is 3.32. The molecule has 0 fully saturated rings. The second-order valence-corrected chi connectivity index (χ2v) is 8.49. The SMILES string of the molecule is COc1ccc(OCc2nnc(SCC(=O)NCCc3ccc(F)cc3)n2-c2ccccc2)cc1. The number of rotatable bonds is 11. The number of nitrogens with zero attached hydrogens (tertiary/aromatic N) is 3. The number of amides is 1. The Labute approximate surface area is 207 Å². The lowest BCUT2D eigenvalue weighted by Gasteiger charge is -2.11. The second kappa shape index (κ2) is 12.0. The van der Waals surface area contributed by atoms with Crippen LogP contribution < -0.4 is 14.8 Å². The van der Waals surface area contributed by atoms with Crippen LogP contribution >= 0.6 is 11.8 Å². The summed E-state index contributed by atoms with van der Waals surface area (Å²) in [4.78, 5) is 12.4. The molecule has 0 aliphatic carbocycles. The van der Waals surface area contributed by atoms with E-state index in [1.165, 1.54) is 23.9 Å². The van der Waals surface area contributed by atoms with Gasteiger partial charge in [-0.25, -0.2) is 4.39 Å². The second-order valence-electron chi connectivity index (χ2n) is 7.55. The first-order chi connectivity index (χ1) is 17.1. The number of methoxy groups -OCH3 is 1. The van der Waals surface area contributed by atoms with Crippen molar-refractivity contribution in [1.82, 2.24) is 20.1 Å². The van der Waals surface area contributed by atoms with E-state index >= 15 is 0 Å². The molecular formula is C26H25FN4O3S. The van der Waals surface area contributed by atoms with E-state index < -0.39 is 0 Å². The fourth-order valence-corrected chi connectivity index (χ4v) is 4.12. The van der Waals surface area contributed by atoms with E-state index in [1.54, 1.807) is 19.2 Å². The van der Waals surface area contributed by atoms with Crippen LogP contribution in [0, 0.1) is 5.82 Å². The first-order valence-corrected chi connectivity index (χ1v) is 12.0. The lowest BCUT2D eigenvalue weighted by molar-refractivity contribution is -0.118. The Balaban J connectivity index is 1.37. The maximum absolute atomic E-state index is 13.0. The van der Waals surface area contributed by atoms with Crippen LogP contribution in [0.25, 0.3) is 5.69 Å². The predicted octanol–water partition coefficient (Wildman–Crippen LogP) is 4.45. The minimum atomic E-state index is -0.273. The van der Waals surface area contributed by atoms with Crippen LogP contribution in [0.15, 0.2) is 84.0 Å². The van der Waals surface area contributed by atoms with Crippen molar-refractivity contribution in [3.8, 4) is 17.2 Å². The molecule has 180 valence electrons. The van der Waals surface area contributed by atoms with E-state index in [1.807, 2.05) is 59.2 Å². The summed E-state index contributed by atoms with van der Waals surface area (Å²) in [5.74, 6) is 1.85. The third-order valence-corrected chi connectivity index (χ3v) is 6.05. The van der Waals surface area contributed by atoms with Crippen molar-refractivity contribution >= 4 is 17.7 Å². The number of para-hydroxylation sites is 1. The molecular weight excluding hydrogens is 467 g/mol. The van der Waals surface area contributed by atoms with Gasteiger partial charge in [0.1, 0.15) is 23.9 Å². The van der Waals surface area contributed by atoms with E-state index in [-0.39, 0.29) is 24.1 Å².